The number of benzene rings is 1. The highest BCUT2D eigenvalue weighted by Crippen LogP contribution is 2.40. The van der Waals surface area contributed by atoms with Gasteiger partial charge >= 0.3 is 6.18 Å². The summed E-state index contributed by atoms with van der Waals surface area (Å²) < 4.78 is 46.2. The Labute approximate surface area is 159 Å². The Balaban J connectivity index is 2.21. The second-order valence-corrected chi connectivity index (χ2v) is 6.65. The number of aliphatic hydroxyl groups excluding tert-OH is 1. The Morgan fingerprint density at radius 2 is 1.89 bits per heavy atom. The lowest BCUT2D eigenvalue weighted by atomic mass is 10.0. The van der Waals surface area contributed by atoms with Crippen LogP contribution in [0.25, 0.3) is 22.6 Å². The van der Waals surface area contributed by atoms with Crippen molar-refractivity contribution >= 4 is 11.2 Å². The number of aryl methyl sites for hydroxylation is 1. The molecule has 2 heterocycles. The molecule has 0 bridgehead atoms. The Morgan fingerprint density at radius 3 is 2.46 bits per heavy atom. The van der Waals surface area contributed by atoms with E-state index in [1.807, 2.05) is 13.8 Å². The number of aromatic hydroxyl groups is 1. The maximum Gasteiger partial charge on any atom is 0.416 e. The van der Waals surface area contributed by atoms with E-state index in [1.54, 1.807) is 16.7 Å². The number of phenolic OH excluding ortho intramolecular Hbond substituents is 1. The van der Waals surface area contributed by atoms with Gasteiger partial charge in [0.25, 0.3) is 0 Å². The van der Waals surface area contributed by atoms with Crippen molar-refractivity contribution in [3.63, 3.8) is 0 Å². The standard InChI is InChI=1S/C19H20F3N3O3/c1-10(2)25-13-4-5-15(28-7-6-26)23-17(13)24-18(25)16-11(3)8-12(9-14(16)27)19(20,21)22/h4-5,8-10,26-27H,6-7H2,1-3H3. The molecule has 9 heteroatoms. The van der Waals surface area contributed by atoms with Gasteiger partial charge in [-0.3, -0.25) is 0 Å². The smallest absolute Gasteiger partial charge is 0.416 e. The van der Waals surface area contributed by atoms with Gasteiger partial charge < -0.3 is 19.5 Å². The Bertz CT molecular complexity index is 990. The van der Waals surface area contributed by atoms with Crippen molar-refractivity contribution in [1.29, 1.82) is 0 Å². The molecule has 3 aromatic rings. The van der Waals surface area contributed by atoms with E-state index in [0.717, 1.165) is 6.07 Å². The largest absolute Gasteiger partial charge is 0.507 e. The number of rotatable bonds is 5. The number of ether oxygens (including phenoxy) is 1. The zero-order chi connectivity index (χ0) is 20.6. The average Bonchev–Trinajstić information content (AvgIpc) is 2.96. The number of aromatic nitrogens is 3. The molecule has 0 spiro atoms. The minimum absolute atomic E-state index is 0.0784. The molecule has 0 radical (unpaired) electrons. The fourth-order valence-electron chi connectivity index (χ4n) is 3.12. The highest BCUT2D eigenvalue weighted by molar-refractivity contribution is 5.81. The maximum atomic E-state index is 13.0. The van der Waals surface area contributed by atoms with Gasteiger partial charge in [-0.25, -0.2) is 4.98 Å². The van der Waals surface area contributed by atoms with Crippen molar-refractivity contribution in [3.8, 4) is 23.0 Å². The minimum atomic E-state index is -4.56. The Hall–Kier alpha value is -2.81. The van der Waals surface area contributed by atoms with Crippen molar-refractivity contribution in [2.45, 2.75) is 33.0 Å². The Morgan fingerprint density at radius 1 is 1.18 bits per heavy atom. The van der Waals surface area contributed by atoms with Gasteiger partial charge in [-0.2, -0.15) is 18.2 Å². The molecule has 0 aliphatic heterocycles. The van der Waals surface area contributed by atoms with Gasteiger partial charge in [0.05, 0.1) is 23.3 Å². The van der Waals surface area contributed by atoms with E-state index in [0.29, 0.717) is 23.1 Å². The van der Waals surface area contributed by atoms with E-state index < -0.39 is 17.5 Å². The van der Waals surface area contributed by atoms with Crippen LogP contribution in [0.15, 0.2) is 24.3 Å². The van der Waals surface area contributed by atoms with Gasteiger partial charge in [0.15, 0.2) is 5.65 Å². The first-order valence-corrected chi connectivity index (χ1v) is 8.67. The summed E-state index contributed by atoms with van der Waals surface area (Å²) in [5.41, 5.74) is 0.535. The summed E-state index contributed by atoms with van der Waals surface area (Å²) in [4.78, 5) is 8.75. The number of alkyl halides is 3. The second kappa shape index (κ2) is 7.31. The summed E-state index contributed by atoms with van der Waals surface area (Å²) >= 11 is 0. The van der Waals surface area contributed by atoms with E-state index in [1.165, 1.54) is 6.92 Å². The summed E-state index contributed by atoms with van der Waals surface area (Å²) in [7, 11) is 0. The highest BCUT2D eigenvalue weighted by Gasteiger charge is 2.32. The third kappa shape index (κ3) is 3.62. The first-order valence-electron chi connectivity index (χ1n) is 8.67. The number of hydrogen-bond acceptors (Lipinski definition) is 5. The molecule has 6 nitrogen and oxygen atoms in total. The van der Waals surface area contributed by atoms with Crippen LogP contribution in [0.3, 0.4) is 0 Å². The van der Waals surface area contributed by atoms with Gasteiger partial charge in [-0.15, -0.1) is 0 Å². The maximum absolute atomic E-state index is 13.0. The number of hydrogen-bond donors (Lipinski definition) is 2. The fraction of sp³-hybridized carbons (Fsp3) is 0.368. The second-order valence-electron chi connectivity index (χ2n) is 6.65. The SMILES string of the molecule is Cc1cc(C(F)(F)F)cc(O)c1-c1nc2nc(OCCO)ccc2n1C(C)C. The molecule has 0 saturated heterocycles. The minimum Gasteiger partial charge on any atom is -0.507 e. The summed E-state index contributed by atoms with van der Waals surface area (Å²) in [5, 5.41) is 19.2. The lowest BCUT2D eigenvalue weighted by molar-refractivity contribution is -0.137. The van der Waals surface area contributed by atoms with E-state index in [2.05, 4.69) is 9.97 Å². The van der Waals surface area contributed by atoms with E-state index in [4.69, 9.17) is 9.84 Å². The molecule has 150 valence electrons. The number of pyridine rings is 1. The number of phenols is 1. The molecule has 2 N–H and O–H groups in total. The normalized spacial score (nSPS) is 12.1. The average molecular weight is 395 g/mol. The zero-order valence-electron chi connectivity index (χ0n) is 15.6. The Kier molecular flexibility index (Phi) is 5.20. The highest BCUT2D eigenvalue weighted by atomic mass is 19.4. The predicted molar refractivity (Wildman–Crippen MR) is 97.3 cm³/mol. The van der Waals surface area contributed by atoms with Crippen LogP contribution in [0.1, 0.15) is 31.0 Å². The predicted octanol–water partition coefficient (Wildman–Crippen LogP) is 4.08. The first-order chi connectivity index (χ1) is 13.1. The molecule has 0 atom stereocenters. The van der Waals surface area contributed by atoms with Crippen LogP contribution in [-0.2, 0) is 6.18 Å². The summed E-state index contributed by atoms with van der Waals surface area (Å²) in [6, 6.07) is 4.97. The van der Waals surface area contributed by atoms with Gasteiger partial charge in [0.2, 0.25) is 5.88 Å². The first kappa shape index (κ1) is 19.9. The van der Waals surface area contributed by atoms with Gasteiger partial charge in [0, 0.05) is 12.1 Å². The third-order valence-corrected chi connectivity index (χ3v) is 4.25. The molecule has 0 fully saturated rings. The molecular weight excluding hydrogens is 375 g/mol. The number of halogens is 3. The van der Waals surface area contributed by atoms with Crippen molar-refractivity contribution in [1.82, 2.24) is 14.5 Å². The quantitative estimate of drug-likeness (QED) is 0.680. The van der Waals surface area contributed by atoms with Gasteiger partial charge in [-0.05, 0) is 44.5 Å². The summed E-state index contributed by atoms with van der Waals surface area (Å²) in [6.07, 6.45) is -4.56. The summed E-state index contributed by atoms with van der Waals surface area (Å²) in [6.45, 7) is 5.21. The van der Waals surface area contributed by atoms with Crippen molar-refractivity contribution < 1.29 is 28.1 Å². The molecule has 1 aromatic carbocycles. The van der Waals surface area contributed by atoms with Crippen molar-refractivity contribution in [2.75, 3.05) is 13.2 Å². The number of imidazole rings is 1. The zero-order valence-corrected chi connectivity index (χ0v) is 15.6. The molecular formula is C19H20F3N3O3. The summed E-state index contributed by atoms with van der Waals surface area (Å²) in [5.74, 6) is 0.0942. The topological polar surface area (TPSA) is 80.4 Å². The van der Waals surface area contributed by atoms with Crippen LogP contribution >= 0.6 is 0 Å². The van der Waals surface area contributed by atoms with Crippen molar-refractivity contribution in [3.05, 3.63) is 35.4 Å². The molecule has 2 aromatic heterocycles. The number of nitrogens with zero attached hydrogens (tertiary/aromatic N) is 3. The number of aliphatic hydroxyl groups is 1. The van der Waals surface area contributed by atoms with E-state index >= 15 is 0 Å². The van der Waals surface area contributed by atoms with Gasteiger partial charge in [-0.1, -0.05) is 0 Å². The van der Waals surface area contributed by atoms with E-state index in [-0.39, 0.29) is 36.3 Å². The fourth-order valence-corrected chi connectivity index (χ4v) is 3.12. The van der Waals surface area contributed by atoms with Crippen LogP contribution < -0.4 is 4.74 Å². The third-order valence-electron chi connectivity index (χ3n) is 4.25. The van der Waals surface area contributed by atoms with Crippen molar-refractivity contribution in [2.24, 2.45) is 0 Å². The molecule has 28 heavy (non-hydrogen) atoms. The van der Waals surface area contributed by atoms with E-state index in [9.17, 15) is 18.3 Å². The monoisotopic (exact) mass is 395 g/mol. The number of fused-ring (bicyclic) bond motifs is 1. The molecule has 0 saturated carbocycles. The molecule has 0 aliphatic rings. The van der Waals surface area contributed by atoms with Crippen LogP contribution in [0.2, 0.25) is 0 Å². The van der Waals surface area contributed by atoms with Gasteiger partial charge in [0.1, 0.15) is 18.2 Å². The van der Waals surface area contributed by atoms with Crippen LogP contribution in [0.4, 0.5) is 13.2 Å². The van der Waals surface area contributed by atoms with Crippen LogP contribution in [-0.4, -0.2) is 38.0 Å². The lowest BCUT2D eigenvalue weighted by Gasteiger charge is -2.17. The van der Waals surface area contributed by atoms with Crippen LogP contribution in [0, 0.1) is 6.92 Å². The lowest BCUT2D eigenvalue weighted by Crippen LogP contribution is -2.07. The molecule has 0 amide bonds. The molecule has 3 rings (SSSR count). The molecule has 0 aliphatic carbocycles. The van der Waals surface area contributed by atoms with Crippen LogP contribution in [0.5, 0.6) is 11.6 Å². The molecule has 0 unspecified atom stereocenters.